The molecule has 7 nitrogen and oxygen atoms in total. The molecular weight excluding hydrogens is 310 g/mol. The van der Waals surface area contributed by atoms with Crippen molar-refractivity contribution in [3.8, 4) is 0 Å². The Balaban J connectivity index is 1.78. The summed E-state index contributed by atoms with van der Waals surface area (Å²) in [6.45, 7) is 1.74. The molecule has 0 radical (unpaired) electrons. The summed E-state index contributed by atoms with van der Waals surface area (Å²) in [4.78, 5) is 31.1. The lowest BCUT2D eigenvalue weighted by atomic mass is 10.2. The van der Waals surface area contributed by atoms with Crippen LogP contribution in [0.2, 0.25) is 0 Å². The molecule has 0 atom stereocenters. The Kier molecular flexibility index (Phi) is 4.15. The number of aryl methyl sites for hydroxylation is 1. The van der Waals surface area contributed by atoms with Gasteiger partial charge in [0.2, 0.25) is 0 Å². The van der Waals surface area contributed by atoms with E-state index in [1.54, 1.807) is 6.92 Å². The molecule has 0 saturated heterocycles. The molecule has 0 aliphatic rings. The topological polar surface area (TPSA) is 95.2 Å². The summed E-state index contributed by atoms with van der Waals surface area (Å²) in [6.07, 6.45) is 0. The average Bonchev–Trinajstić information content (AvgIpc) is 2.59. The fourth-order valence-electron chi connectivity index (χ4n) is 2.23. The maximum atomic E-state index is 12.1. The lowest BCUT2D eigenvalue weighted by molar-refractivity contribution is -0.384. The van der Waals surface area contributed by atoms with Crippen molar-refractivity contribution in [1.29, 1.82) is 0 Å². The second-order valence-corrected chi connectivity index (χ2v) is 5.13. The van der Waals surface area contributed by atoms with Crippen molar-refractivity contribution in [3.63, 3.8) is 0 Å². The second-order valence-electron chi connectivity index (χ2n) is 5.13. The van der Waals surface area contributed by atoms with Crippen LogP contribution in [0.5, 0.6) is 0 Å². The predicted octanol–water partition coefficient (Wildman–Crippen LogP) is 3.20. The standard InChI is InChI=1S/C17H13N3O4/c1-11-16(19-15-8-3-2-7-14(15)18-11)10-24-17(21)12-5-4-6-13(9-12)20(22)23/h2-9H,10H2,1H3. The maximum Gasteiger partial charge on any atom is 0.338 e. The highest BCUT2D eigenvalue weighted by Gasteiger charge is 2.14. The van der Waals surface area contributed by atoms with Gasteiger partial charge < -0.3 is 4.74 Å². The van der Waals surface area contributed by atoms with Crippen molar-refractivity contribution in [3.05, 3.63) is 75.6 Å². The predicted molar refractivity (Wildman–Crippen MR) is 86.5 cm³/mol. The maximum absolute atomic E-state index is 12.1. The van der Waals surface area contributed by atoms with Gasteiger partial charge in [-0.05, 0) is 25.1 Å². The van der Waals surface area contributed by atoms with E-state index in [1.165, 1.54) is 24.3 Å². The highest BCUT2D eigenvalue weighted by Crippen LogP contribution is 2.16. The van der Waals surface area contributed by atoms with Crippen LogP contribution in [0.15, 0.2) is 48.5 Å². The molecule has 3 rings (SSSR count). The number of rotatable bonds is 4. The van der Waals surface area contributed by atoms with Gasteiger partial charge in [0.25, 0.3) is 5.69 Å². The van der Waals surface area contributed by atoms with E-state index in [1.807, 2.05) is 24.3 Å². The summed E-state index contributed by atoms with van der Waals surface area (Å²) in [5, 5.41) is 10.8. The molecule has 1 heterocycles. The number of carbonyl (C=O) groups excluding carboxylic acids is 1. The molecule has 3 aromatic rings. The summed E-state index contributed by atoms with van der Waals surface area (Å²) in [6, 6.07) is 12.8. The zero-order valence-corrected chi connectivity index (χ0v) is 12.8. The van der Waals surface area contributed by atoms with Crippen LogP contribution in [-0.2, 0) is 11.3 Å². The number of fused-ring (bicyclic) bond motifs is 1. The molecule has 0 bridgehead atoms. The Hall–Kier alpha value is -3.35. The number of nitro benzene ring substituents is 1. The van der Waals surface area contributed by atoms with Crippen molar-refractivity contribution >= 4 is 22.7 Å². The van der Waals surface area contributed by atoms with E-state index in [4.69, 9.17) is 4.74 Å². The SMILES string of the molecule is Cc1nc2ccccc2nc1COC(=O)c1cccc([N+](=O)[O-])c1. The van der Waals surface area contributed by atoms with E-state index in [0.717, 1.165) is 5.52 Å². The summed E-state index contributed by atoms with van der Waals surface area (Å²) >= 11 is 0. The zero-order chi connectivity index (χ0) is 17.1. The molecule has 0 unspecified atom stereocenters. The molecule has 1 aromatic heterocycles. The number of nitrogens with zero attached hydrogens (tertiary/aromatic N) is 3. The van der Waals surface area contributed by atoms with E-state index in [2.05, 4.69) is 9.97 Å². The lowest BCUT2D eigenvalue weighted by Crippen LogP contribution is -2.08. The van der Waals surface area contributed by atoms with E-state index < -0.39 is 10.9 Å². The number of para-hydroxylation sites is 2. The van der Waals surface area contributed by atoms with Gasteiger partial charge in [-0.1, -0.05) is 18.2 Å². The van der Waals surface area contributed by atoms with E-state index in [0.29, 0.717) is 16.9 Å². The highest BCUT2D eigenvalue weighted by molar-refractivity contribution is 5.90. The summed E-state index contributed by atoms with van der Waals surface area (Å²) in [5.74, 6) is -0.645. The smallest absolute Gasteiger partial charge is 0.338 e. The van der Waals surface area contributed by atoms with Gasteiger partial charge in [-0.25, -0.2) is 14.8 Å². The molecular formula is C17H13N3O4. The third-order valence-electron chi connectivity index (χ3n) is 3.48. The minimum atomic E-state index is -0.645. The van der Waals surface area contributed by atoms with Crippen LogP contribution in [0.3, 0.4) is 0 Å². The molecule has 0 aliphatic heterocycles. The Morgan fingerprint density at radius 2 is 1.83 bits per heavy atom. The number of benzene rings is 2. The first kappa shape index (κ1) is 15.5. The fraction of sp³-hybridized carbons (Fsp3) is 0.118. The first-order valence-electron chi connectivity index (χ1n) is 7.18. The molecule has 0 N–H and O–H groups in total. The van der Waals surface area contributed by atoms with Crippen molar-refractivity contribution in [2.75, 3.05) is 0 Å². The zero-order valence-electron chi connectivity index (χ0n) is 12.8. The van der Waals surface area contributed by atoms with Crippen LogP contribution in [-0.4, -0.2) is 20.9 Å². The Labute approximate surface area is 137 Å². The number of hydrogen-bond acceptors (Lipinski definition) is 6. The van der Waals surface area contributed by atoms with Gasteiger partial charge in [0.1, 0.15) is 6.61 Å². The number of hydrogen-bond donors (Lipinski definition) is 0. The van der Waals surface area contributed by atoms with Crippen LogP contribution in [0.25, 0.3) is 11.0 Å². The summed E-state index contributed by atoms with van der Waals surface area (Å²) in [7, 11) is 0. The fourth-order valence-corrected chi connectivity index (χ4v) is 2.23. The van der Waals surface area contributed by atoms with Gasteiger partial charge in [0.15, 0.2) is 0 Å². The number of aromatic nitrogens is 2. The molecule has 24 heavy (non-hydrogen) atoms. The molecule has 0 saturated carbocycles. The third-order valence-corrected chi connectivity index (χ3v) is 3.48. The first-order valence-corrected chi connectivity index (χ1v) is 7.18. The normalized spacial score (nSPS) is 10.5. The largest absolute Gasteiger partial charge is 0.456 e. The first-order chi connectivity index (χ1) is 11.5. The summed E-state index contributed by atoms with van der Waals surface area (Å²) in [5.41, 5.74) is 2.66. The van der Waals surface area contributed by atoms with E-state index >= 15 is 0 Å². The molecule has 0 fully saturated rings. The van der Waals surface area contributed by atoms with Crippen LogP contribution >= 0.6 is 0 Å². The summed E-state index contributed by atoms with van der Waals surface area (Å²) < 4.78 is 5.21. The van der Waals surface area contributed by atoms with Crippen LogP contribution in [0, 0.1) is 17.0 Å². The number of ether oxygens (including phenoxy) is 1. The monoisotopic (exact) mass is 323 g/mol. The number of nitro groups is 1. The third kappa shape index (κ3) is 3.19. The van der Waals surface area contributed by atoms with E-state index in [-0.39, 0.29) is 17.9 Å². The minimum Gasteiger partial charge on any atom is -0.456 e. The quantitative estimate of drug-likeness (QED) is 0.415. The molecule has 0 amide bonds. The van der Waals surface area contributed by atoms with Crippen molar-refractivity contribution in [1.82, 2.24) is 9.97 Å². The number of carbonyl (C=O) groups is 1. The number of esters is 1. The van der Waals surface area contributed by atoms with Crippen LogP contribution in [0.1, 0.15) is 21.7 Å². The van der Waals surface area contributed by atoms with Gasteiger partial charge >= 0.3 is 5.97 Å². The van der Waals surface area contributed by atoms with Crippen molar-refractivity contribution in [2.24, 2.45) is 0 Å². The Bertz CT molecular complexity index is 940. The lowest BCUT2D eigenvalue weighted by Gasteiger charge is -2.08. The van der Waals surface area contributed by atoms with Gasteiger partial charge in [-0.2, -0.15) is 0 Å². The minimum absolute atomic E-state index is 0.0504. The number of non-ortho nitro benzene ring substituents is 1. The van der Waals surface area contributed by atoms with Crippen molar-refractivity contribution < 1.29 is 14.5 Å². The van der Waals surface area contributed by atoms with Gasteiger partial charge in [0, 0.05) is 12.1 Å². The van der Waals surface area contributed by atoms with Crippen molar-refractivity contribution in [2.45, 2.75) is 13.5 Å². The molecule has 7 heteroatoms. The molecule has 0 spiro atoms. The molecule has 120 valence electrons. The van der Waals surface area contributed by atoms with Gasteiger partial charge in [-0.15, -0.1) is 0 Å². The average molecular weight is 323 g/mol. The second kappa shape index (κ2) is 6.41. The van der Waals surface area contributed by atoms with Crippen LogP contribution in [0.4, 0.5) is 5.69 Å². The Morgan fingerprint density at radius 3 is 2.54 bits per heavy atom. The van der Waals surface area contributed by atoms with Gasteiger partial charge in [-0.3, -0.25) is 10.1 Å². The Morgan fingerprint density at radius 1 is 1.12 bits per heavy atom. The molecule has 0 aliphatic carbocycles. The van der Waals surface area contributed by atoms with Gasteiger partial charge in [0.05, 0.1) is 32.9 Å². The molecule has 2 aromatic carbocycles. The highest BCUT2D eigenvalue weighted by atomic mass is 16.6. The van der Waals surface area contributed by atoms with Crippen LogP contribution < -0.4 is 0 Å². The van der Waals surface area contributed by atoms with E-state index in [9.17, 15) is 14.9 Å².